The Balaban J connectivity index is 2.39. The van der Waals surface area contributed by atoms with E-state index >= 15 is 0 Å². The number of amides is 1. The van der Waals surface area contributed by atoms with E-state index in [9.17, 15) is 4.79 Å². The molecular weight excluding hydrogens is 178 g/mol. The summed E-state index contributed by atoms with van der Waals surface area (Å²) in [6.07, 6.45) is 5.71. The Morgan fingerprint density at radius 3 is 3.29 bits per heavy atom. The Hall–Kier alpha value is -1.84. The molecule has 2 N–H and O–H groups in total. The largest absolute Gasteiger partial charge is 0.381 e. The number of nitrogens with one attached hydrogen (secondary N) is 2. The first-order valence-corrected chi connectivity index (χ1v) is 4.44. The third-order valence-electron chi connectivity index (χ3n) is 2.10. The van der Waals surface area contributed by atoms with Gasteiger partial charge in [-0.25, -0.2) is 0 Å². The zero-order valence-electron chi connectivity index (χ0n) is 7.87. The topological polar surface area (TPSA) is 54.0 Å². The van der Waals surface area contributed by atoms with Crippen molar-refractivity contribution in [3.8, 4) is 0 Å². The van der Waals surface area contributed by atoms with Crippen molar-refractivity contribution in [3.63, 3.8) is 0 Å². The first-order chi connectivity index (χ1) is 6.81. The summed E-state index contributed by atoms with van der Waals surface area (Å²) in [5, 5.41) is 5.72. The third-order valence-corrected chi connectivity index (χ3v) is 2.10. The third kappa shape index (κ3) is 1.46. The van der Waals surface area contributed by atoms with Crippen LogP contribution in [-0.4, -0.2) is 24.5 Å². The number of fused-ring (bicyclic) bond motifs is 1. The number of hydrogen-bond donors (Lipinski definition) is 2. The van der Waals surface area contributed by atoms with Crippen LogP contribution in [0.4, 0.5) is 5.69 Å². The smallest absolute Gasteiger partial charge is 0.269 e. The summed E-state index contributed by atoms with van der Waals surface area (Å²) >= 11 is 0. The van der Waals surface area contributed by atoms with Crippen LogP contribution in [0.15, 0.2) is 18.3 Å². The minimum atomic E-state index is -0.163. The fourth-order valence-corrected chi connectivity index (χ4v) is 1.36. The van der Waals surface area contributed by atoms with E-state index in [4.69, 9.17) is 0 Å². The molecule has 1 aromatic rings. The van der Waals surface area contributed by atoms with E-state index in [1.165, 1.54) is 0 Å². The van der Waals surface area contributed by atoms with Crippen LogP contribution in [0.1, 0.15) is 16.1 Å². The van der Waals surface area contributed by atoms with Crippen LogP contribution >= 0.6 is 0 Å². The van der Waals surface area contributed by atoms with Gasteiger partial charge < -0.3 is 10.6 Å². The zero-order chi connectivity index (χ0) is 9.97. The lowest BCUT2D eigenvalue weighted by molar-refractivity contribution is 0.0958. The van der Waals surface area contributed by atoms with Crippen molar-refractivity contribution in [2.24, 2.45) is 0 Å². The average molecular weight is 189 g/mol. The van der Waals surface area contributed by atoms with E-state index in [2.05, 4.69) is 15.6 Å². The highest BCUT2D eigenvalue weighted by Crippen LogP contribution is 2.20. The van der Waals surface area contributed by atoms with Crippen LogP contribution in [0.25, 0.3) is 6.08 Å². The van der Waals surface area contributed by atoms with Gasteiger partial charge in [0.15, 0.2) is 0 Å². The fourth-order valence-electron chi connectivity index (χ4n) is 1.36. The van der Waals surface area contributed by atoms with E-state index in [0.29, 0.717) is 5.69 Å². The predicted molar refractivity (Wildman–Crippen MR) is 55.2 cm³/mol. The van der Waals surface area contributed by atoms with Crippen LogP contribution in [0.2, 0.25) is 0 Å². The number of rotatable bonds is 1. The van der Waals surface area contributed by atoms with Crippen molar-refractivity contribution in [1.82, 2.24) is 10.3 Å². The normalized spacial score (nSPS) is 12.9. The Morgan fingerprint density at radius 2 is 2.50 bits per heavy atom. The minimum Gasteiger partial charge on any atom is -0.381 e. The summed E-state index contributed by atoms with van der Waals surface area (Å²) in [5.41, 5.74) is 2.42. The lowest BCUT2D eigenvalue weighted by Gasteiger charge is -2.12. The van der Waals surface area contributed by atoms with Crippen LogP contribution in [0, 0.1) is 0 Å². The number of nitrogens with zero attached hydrogens (tertiary/aromatic N) is 1. The van der Waals surface area contributed by atoms with Gasteiger partial charge in [-0.15, -0.1) is 0 Å². The van der Waals surface area contributed by atoms with Crippen molar-refractivity contribution in [2.75, 3.05) is 18.9 Å². The van der Waals surface area contributed by atoms with E-state index in [-0.39, 0.29) is 5.91 Å². The molecule has 0 unspecified atom stereocenters. The molecule has 14 heavy (non-hydrogen) atoms. The lowest BCUT2D eigenvalue weighted by atomic mass is 10.1. The van der Waals surface area contributed by atoms with Gasteiger partial charge in [-0.3, -0.25) is 9.78 Å². The monoisotopic (exact) mass is 189 g/mol. The van der Waals surface area contributed by atoms with Crippen LogP contribution in [-0.2, 0) is 0 Å². The van der Waals surface area contributed by atoms with Crippen molar-refractivity contribution in [2.45, 2.75) is 0 Å². The standard InChI is InChI=1S/C10H11N3O/c1-11-10(14)9-5-8-7(6-13-9)3-2-4-12-8/h2-3,5-6,12H,4H2,1H3,(H,11,14). The molecule has 1 aliphatic rings. The maximum atomic E-state index is 11.3. The maximum absolute atomic E-state index is 11.3. The van der Waals surface area contributed by atoms with Gasteiger partial charge in [0.2, 0.25) is 0 Å². The predicted octanol–water partition coefficient (Wildman–Crippen LogP) is 0.880. The molecule has 2 heterocycles. The van der Waals surface area contributed by atoms with Crippen molar-refractivity contribution >= 4 is 17.7 Å². The van der Waals surface area contributed by atoms with Gasteiger partial charge in [0, 0.05) is 31.0 Å². The molecule has 0 radical (unpaired) electrons. The quantitative estimate of drug-likeness (QED) is 0.689. The summed E-state index contributed by atoms with van der Waals surface area (Å²) in [6.45, 7) is 0.796. The minimum absolute atomic E-state index is 0.163. The molecule has 2 rings (SSSR count). The first kappa shape index (κ1) is 8.74. The molecule has 72 valence electrons. The highest BCUT2D eigenvalue weighted by atomic mass is 16.1. The van der Waals surface area contributed by atoms with Gasteiger partial charge in [-0.2, -0.15) is 0 Å². The Morgan fingerprint density at radius 1 is 1.64 bits per heavy atom. The molecule has 0 bridgehead atoms. The molecule has 0 atom stereocenters. The molecule has 1 aromatic heterocycles. The summed E-state index contributed by atoms with van der Waals surface area (Å²) < 4.78 is 0. The highest BCUT2D eigenvalue weighted by Gasteiger charge is 2.09. The number of anilines is 1. The van der Waals surface area contributed by atoms with E-state index in [1.807, 2.05) is 12.2 Å². The number of aromatic nitrogens is 1. The Bertz CT molecular complexity index is 398. The second kappa shape index (κ2) is 3.49. The van der Waals surface area contributed by atoms with Gasteiger partial charge in [0.1, 0.15) is 5.69 Å². The van der Waals surface area contributed by atoms with E-state index in [0.717, 1.165) is 17.8 Å². The van der Waals surface area contributed by atoms with E-state index in [1.54, 1.807) is 19.3 Å². The second-order valence-corrected chi connectivity index (χ2v) is 3.02. The van der Waals surface area contributed by atoms with Gasteiger partial charge in [-0.1, -0.05) is 12.2 Å². The maximum Gasteiger partial charge on any atom is 0.269 e. The number of hydrogen-bond acceptors (Lipinski definition) is 3. The highest BCUT2D eigenvalue weighted by molar-refractivity contribution is 5.93. The number of carbonyl (C=O) groups excluding carboxylic acids is 1. The summed E-state index contributed by atoms with van der Waals surface area (Å²) in [6, 6.07) is 1.76. The fraction of sp³-hybridized carbons (Fsp3) is 0.200. The van der Waals surface area contributed by atoms with Crippen molar-refractivity contribution < 1.29 is 4.79 Å². The van der Waals surface area contributed by atoms with Crippen molar-refractivity contribution in [3.05, 3.63) is 29.6 Å². The summed E-state index contributed by atoms with van der Waals surface area (Å²) in [7, 11) is 1.59. The average Bonchev–Trinajstić information content (AvgIpc) is 2.27. The molecule has 0 fully saturated rings. The lowest BCUT2D eigenvalue weighted by Crippen LogP contribution is -2.20. The molecule has 0 saturated carbocycles. The van der Waals surface area contributed by atoms with E-state index < -0.39 is 0 Å². The molecule has 1 amide bonds. The molecular formula is C10H11N3O. The van der Waals surface area contributed by atoms with Gasteiger partial charge in [0.25, 0.3) is 5.91 Å². The van der Waals surface area contributed by atoms with Crippen LogP contribution in [0.5, 0.6) is 0 Å². The number of carbonyl (C=O) groups is 1. The van der Waals surface area contributed by atoms with Gasteiger partial charge >= 0.3 is 0 Å². The Kier molecular flexibility index (Phi) is 2.18. The second-order valence-electron chi connectivity index (χ2n) is 3.02. The molecule has 0 aliphatic carbocycles. The van der Waals surface area contributed by atoms with Gasteiger partial charge in [0.05, 0.1) is 0 Å². The molecule has 4 nitrogen and oxygen atoms in total. The Labute approximate surface area is 82.0 Å². The molecule has 0 aromatic carbocycles. The van der Waals surface area contributed by atoms with Gasteiger partial charge in [-0.05, 0) is 6.07 Å². The summed E-state index contributed by atoms with van der Waals surface area (Å²) in [5.74, 6) is -0.163. The van der Waals surface area contributed by atoms with Crippen molar-refractivity contribution in [1.29, 1.82) is 0 Å². The first-order valence-electron chi connectivity index (χ1n) is 4.44. The molecule has 4 heteroatoms. The number of pyridine rings is 1. The molecule has 0 spiro atoms. The van der Waals surface area contributed by atoms with Crippen LogP contribution in [0.3, 0.4) is 0 Å². The van der Waals surface area contributed by atoms with Crippen LogP contribution < -0.4 is 10.6 Å². The summed E-state index contributed by atoms with van der Waals surface area (Å²) in [4.78, 5) is 15.3. The molecule has 1 aliphatic heterocycles. The SMILES string of the molecule is CNC(=O)c1cc2c(cn1)C=CCN2. The zero-order valence-corrected chi connectivity index (χ0v) is 7.87. The molecule has 0 saturated heterocycles.